The Morgan fingerprint density at radius 1 is 0.500 bits per heavy atom. The molecule has 0 nitrogen and oxygen atoms in total. The zero-order valence-electron chi connectivity index (χ0n) is 18.1. The van der Waals surface area contributed by atoms with Crippen molar-refractivity contribution in [1.29, 1.82) is 0 Å². The van der Waals surface area contributed by atoms with Crippen molar-refractivity contribution in [2.75, 3.05) is 0 Å². The first kappa shape index (κ1) is 24.0. The zero-order valence-corrected chi connectivity index (χ0v) is 18.1. The van der Waals surface area contributed by atoms with E-state index in [2.05, 4.69) is 34.6 Å². The van der Waals surface area contributed by atoms with Crippen LogP contribution in [0.4, 0.5) is 0 Å². The van der Waals surface area contributed by atoms with Gasteiger partial charge in [-0.25, -0.2) is 0 Å². The minimum atomic E-state index is 0.655. The third kappa shape index (κ3) is 10.8. The molecule has 0 amide bonds. The van der Waals surface area contributed by atoms with Gasteiger partial charge in [0.25, 0.3) is 0 Å². The van der Waals surface area contributed by atoms with E-state index in [0.29, 0.717) is 5.41 Å². The predicted molar refractivity (Wildman–Crippen MR) is 113 cm³/mol. The second-order valence-corrected chi connectivity index (χ2v) is 8.48. The SMILES string of the molecule is CCCCCCCCC(C)C(CCC)(CCCCC)CCCCC. The van der Waals surface area contributed by atoms with Gasteiger partial charge in [0.05, 0.1) is 0 Å². The molecule has 0 aromatic carbocycles. The Bertz CT molecular complexity index is 232. The van der Waals surface area contributed by atoms with Crippen molar-refractivity contribution in [2.45, 2.75) is 144 Å². The molecule has 24 heavy (non-hydrogen) atoms. The normalized spacial score (nSPS) is 13.4. The minimum Gasteiger partial charge on any atom is -0.0654 e. The molecule has 0 aliphatic heterocycles. The molecule has 0 aromatic rings. The van der Waals surface area contributed by atoms with Crippen LogP contribution < -0.4 is 0 Å². The second kappa shape index (κ2) is 16.5. The summed E-state index contributed by atoms with van der Waals surface area (Å²) in [6, 6.07) is 0. The van der Waals surface area contributed by atoms with Crippen LogP contribution in [0.2, 0.25) is 0 Å². The Hall–Kier alpha value is 0. The van der Waals surface area contributed by atoms with Gasteiger partial charge < -0.3 is 0 Å². The highest BCUT2D eigenvalue weighted by Gasteiger charge is 2.33. The molecule has 0 saturated carbocycles. The van der Waals surface area contributed by atoms with Crippen LogP contribution in [0.15, 0.2) is 0 Å². The van der Waals surface area contributed by atoms with E-state index >= 15 is 0 Å². The monoisotopic (exact) mass is 338 g/mol. The molecule has 0 bridgehead atoms. The lowest BCUT2D eigenvalue weighted by molar-refractivity contribution is 0.106. The van der Waals surface area contributed by atoms with Crippen molar-refractivity contribution in [2.24, 2.45) is 11.3 Å². The fourth-order valence-electron chi connectivity index (χ4n) is 4.60. The van der Waals surface area contributed by atoms with E-state index in [0.717, 1.165) is 5.92 Å². The van der Waals surface area contributed by atoms with E-state index in [4.69, 9.17) is 0 Å². The van der Waals surface area contributed by atoms with E-state index in [1.165, 1.54) is 109 Å². The first-order valence-corrected chi connectivity index (χ1v) is 11.7. The Balaban J connectivity index is 4.52. The first-order valence-electron chi connectivity index (χ1n) is 11.7. The summed E-state index contributed by atoms with van der Waals surface area (Å²) in [4.78, 5) is 0. The zero-order chi connectivity index (χ0) is 18.1. The molecule has 0 spiro atoms. The van der Waals surface area contributed by atoms with Crippen LogP contribution >= 0.6 is 0 Å². The minimum absolute atomic E-state index is 0.655. The quantitative estimate of drug-likeness (QED) is 0.218. The maximum absolute atomic E-state index is 2.60. The summed E-state index contributed by atoms with van der Waals surface area (Å²) in [6.45, 7) is 12.0. The van der Waals surface area contributed by atoms with Gasteiger partial charge >= 0.3 is 0 Å². The second-order valence-electron chi connectivity index (χ2n) is 8.48. The average molecular weight is 339 g/mol. The van der Waals surface area contributed by atoms with Crippen LogP contribution in [0, 0.1) is 11.3 Å². The van der Waals surface area contributed by atoms with E-state index in [1.54, 1.807) is 0 Å². The van der Waals surface area contributed by atoms with E-state index < -0.39 is 0 Å². The average Bonchev–Trinajstić information content (AvgIpc) is 2.58. The van der Waals surface area contributed by atoms with Crippen LogP contribution in [0.3, 0.4) is 0 Å². The Morgan fingerprint density at radius 2 is 0.958 bits per heavy atom. The van der Waals surface area contributed by atoms with Crippen molar-refractivity contribution < 1.29 is 0 Å². The molecule has 0 N–H and O–H groups in total. The van der Waals surface area contributed by atoms with Crippen LogP contribution in [0.1, 0.15) is 144 Å². The summed E-state index contributed by atoms with van der Waals surface area (Å²) in [5, 5.41) is 0. The van der Waals surface area contributed by atoms with E-state index in [-0.39, 0.29) is 0 Å². The molecule has 1 atom stereocenters. The smallest absolute Gasteiger partial charge is 0.0272 e. The lowest BCUT2D eigenvalue weighted by Gasteiger charge is -2.40. The lowest BCUT2D eigenvalue weighted by Crippen LogP contribution is -2.29. The standard InChI is InChI=1S/C24H50/c1-6-10-13-14-15-16-19-23(5)24(20-9-4,21-17-11-7-2)22-18-12-8-3/h23H,6-22H2,1-5H3. The van der Waals surface area contributed by atoms with E-state index in [9.17, 15) is 0 Å². The molecule has 146 valence electrons. The van der Waals surface area contributed by atoms with Crippen molar-refractivity contribution in [3.63, 3.8) is 0 Å². The van der Waals surface area contributed by atoms with Gasteiger partial charge in [0.2, 0.25) is 0 Å². The highest BCUT2D eigenvalue weighted by molar-refractivity contribution is 4.84. The Labute approximate surface area is 155 Å². The van der Waals surface area contributed by atoms with Gasteiger partial charge in [-0.3, -0.25) is 0 Å². The summed E-state index contributed by atoms with van der Waals surface area (Å²) in [5.41, 5.74) is 0.655. The molecule has 0 aromatic heterocycles. The molecule has 0 heterocycles. The van der Waals surface area contributed by atoms with Crippen molar-refractivity contribution in [3.8, 4) is 0 Å². The predicted octanol–water partition coefficient (Wildman–Crippen LogP) is 9.32. The molecule has 0 saturated heterocycles. The van der Waals surface area contributed by atoms with Crippen LogP contribution in [-0.4, -0.2) is 0 Å². The third-order valence-corrected chi connectivity index (χ3v) is 6.34. The molecule has 1 unspecified atom stereocenters. The molecular weight excluding hydrogens is 288 g/mol. The highest BCUT2D eigenvalue weighted by atomic mass is 14.4. The molecule has 0 rings (SSSR count). The van der Waals surface area contributed by atoms with Gasteiger partial charge in [0.15, 0.2) is 0 Å². The van der Waals surface area contributed by atoms with E-state index in [1.807, 2.05) is 0 Å². The number of rotatable bonds is 18. The molecular formula is C24H50. The molecule has 0 radical (unpaired) electrons. The lowest BCUT2D eigenvalue weighted by atomic mass is 9.65. The number of hydrogen-bond donors (Lipinski definition) is 0. The number of unbranched alkanes of at least 4 members (excludes halogenated alkanes) is 9. The van der Waals surface area contributed by atoms with Gasteiger partial charge in [0.1, 0.15) is 0 Å². The number of hydrogen-bond acceptors (Lipinski definition) is 0. The summed E-state index contributed by atoms with van der Waals surface area (Å²) in [7, 11) is 0. The summed E-state index contributed by atoms with van der Waals surface area (Å²) in [6.07, 6.45) is 24.5. The fourth-order valence-corrected chi connectivity index (χ4v) is 4.60. The third-order valence-electron chi connectivity index (χ3n) is 6.34. The fraction of sp³-hybridized carbons (Fsp3) is 1.00. The van der Waals surface area contributed by atoms with Gasteiger partial charge in [-0.05, 0) is 30.6 Å². The van der Waals surface area contributed by atoms with Gasteiger partial charge in [-0.15, -0.1) is 0 Å². The summed E-state index contributed by atoms with van der Waals surface area (Å²) >= 11 is 0. The maximum atomic E-state index is 2.60. The maximum Gasteiger partial charge on any atom is -0.0272 e. The van der Waals surface area contributed by atoms with Gasteiger partial charge in [-0.2, -0.15) is 0 Å². The van der Waals surface area contributed by atoms with Crippen LogP contribution in [0.5, 0.6) is 0 Å². The first-order chi connectivity index (χ1) is 11.7. The van der Waals surface area contributed by atoms with Gasteiger partial charge in [-0.1, -0.05) is 125 Å². The Kier molecular flexibility index (Phi) is 16.5. The summed E-state index contributed by atoms with van der Waals surface area (Å²) in [5.74, 6) is 0.928. The largest absolute Gasteiger partial charge is 0.0654 e. The highest BCUT2D eigenvalue weighted by Crippen LogP contribution is 2.45. The van der Waals surface area contributed by atoms with Crippen LogP contribution in [0.25, 0.3) is 0 Å². The van der Waals surface area contributed by atoms with Crippen molar-refractivity contribution in [3.05, 3.63) is 0 Å². The Morgan fingerprint density at radius 3 is 1.46 bits per heavy atom. The topological polar surface area (TPSA) is 0 Å². The van der Waals surface area contributed by atoms with Crippen LogP contribution in [-0.2, 0) is 0 Å². The molecule has 0 aliphatic carbocycles. The van der Waals surface area contributed by atoms with Gasteiger partial charge in [0, 0.05) is 0 Å². The molecule has 0 heteroatoms. The summed E-state index contributed by atoms with van der Waals surface area (Å²) < 4.78 is 0. The van der Waals surface area contributed by atoms with Crippen molar-refractivity contribution >= 4 is 0 Å². The van der Waals surface area contributed by atoms with Crippen molar-refractivity contribution in [1.82, 2.24) is 0 Å². The molecule has 0 aliphatic rings. The molecule has 0 fully saturated rings.